The lowest BCUT2D eigenvalue weighted by Crippen LogP contribution is -1.87. The van der Waals surface area contributed by atoms with Gasteiger partial charge >= 0.3 is 0 Å². The summed E-state index contributed by atoms with van der Waals surface area (Å²) in [6, 6.07) is 3.93. The van der Waals surface area contributed by atoms with Gasteiger partial charge in [-0.15, -0.1) is 4.99 Å². The second-order valence-corrected chi connectivity index (χ2v) is 4.11. The van der Waals surface area contributed by atoms with Crippen molar-refractivity contribution >= 4 is 17.5 Å². The molecule has 0 saturated heterocycles. The number of nitrogens with zero attached hydrogens (tertiary/aromatic N) is 3. The van der Waals surface area contributed by atoms with Gasteiger partial charge in [-0.2, -0.15) is 0 Å². The minimum atomic E-state index is 0.229. The van der Waals surface area contributed by atoms with Crippen LogP contribution in [0.15, 0.2) is 23.3 Å². The number of imidazole rings is 1. The smallest absolute Gasteiger partial charge is 0.242 e. The molecule has 0 radical (unpaired) electrons. The Morgan fingerprint density at radius 3 is 2.88 bits per heavy atom. The number of hydrogen-bond acceptors (Lipinski definition) is 3. The average Bonchev–Trinajstić information content (AvgIpc) is 2.57. The lowest BCUT2D eigenvalue weighted by atomic mass is 10.1. The molecule has 0 bridgehead atoms. The molecule has 0 fully saturated rings. The fraction of sp³-hybridized carbons (Fsp3) is 0.333. The van der Waals surface area contributed by atoms with Gasteiger partial charge in [-0.05, 0) is 30.5 Å². The zero-order valence-electron chi connectivity index (χ0n) is 9.56. The molecule has 0 N–H and O–H groups in total. The van der Waals surface area contributed by atoms with Crippen molar-refractivity contribution in [2.45, 2.75) is 26.7 Å². The highest BCUT2D eigenvalue weighted by Crippen LogP contribution is 2.27. The van der Waals surface area contributed by atoms with E-state index in [9.17, 15) is 4.79 Å². The van der Waals surface area contributed by atoms with Crippen LogP contribution in [0.5, 0.6) is 0 Å². The molecular weight excluding hydrogens is 202 g/mol. The van der Waals surface area contributed by atoms with E-state index in [1.165, 1.54) is 0 Å². The molecule has 2 aromatic heterocycles. The van der Waals surface area contributed by atoms with Crippen molar-refractivity contribution in [3.63, 3.8) is 0 Å². The van der Waals surface area contributed by atoms with Crippen molar-refractivity contribution in [3.8, 4) is 0 Å². The number of aromatic nitrogens is 2. The molecule has 0 amide bonds. The second-order valence-electron chi connectivity index (χ2n) is 4.11. The van der Waals surface area contributed by atoms with Crippen LogP contribution < -0.4 is 0 Å². The van der Waals surface area contributed by atoms with Crippen molar-refractivity contribution < 1.29 is 4.79 Å². The Balaban J connectivity index is 2.80. The van der Waals surface area contributed by atoms with Crippen LogP contribution in [0.3, 0.4) is 0 Å². The van der Waals surface area contributed by atoms with E-state index in [0.717, 1.165) is 16.9 Å². The van der Waals surface area contributed by atoms with Crippen LogP contribution in [0.1, 0.15) is 31.0 Å². The zero-order valence-corrected chi connectivity index (χ0v) is 9.56. The van der Waals surface area contributed by atoms with Crippen molar-refractivity contribution in [2.24, 2.45) is 4.99 Å². The van der Waals surface area contributed by atoms with Gasteiger partial charge in [0.15, 0.2) is 5.82 Å². The molecule has 82 valence electrons. The third-order valence-corrected chi connectivity index (χ3v) is 2.48. The maximum Gasteiger partial charge on any atom is 0.242 e. The molecule has 0 aliphatic carbocycles. The highest BCUT2D eigenvalue weighted by atomic mass is 16.1. The predicted octanol–water partition coefficient (Wildman–Crippen LogP) is 2.73. The summed E-state index contributed by atoms with van der Waals surface area (Å²) >= 11 is 0. The standard InChI is InChI=1S/C12H13N3O/c1-8(2)11-12(13-7-16)15-5-4-9(3)6-10(15)14-11/h4-6,8H,1-3H3. The quantitative estimate of drug-likeness (QED) is 0.571. The summed E-state index contributed by atoms with van der Waals surface area (Å²) in [6.07, 6.45) is 3.46. The molecule has 4 nitrogen and oxygen atoms in total. The summed E-state index contributed by atoms with van der Waals surface area (Å²) in [5.41, 5.74) is 2.78. The van der Waals surface area contributed by atoms with Gasteiger partial charge in [-0.3, -0.25) is 4.40 Å². The Hall–Kier alpha value is -1.93. The fourth-order valence-electron chi connectivity index (χ4n) is 1.69. The predicted molar refractivity (Wildman–Crippen MR) is 61.8 cm³/mol. The van der Waals surface area contributed by atoms with Gasteiger partial charge in [0.2, 0.25) is 6.08 Å². The minimum Gasteiger partial charge on any atom is -0.284 e. The second kappa shape index (κ2) is 3.91. The van der Waals surface area contributed by atoms with Crippen LogP contribution in [0.4, 0.5) is 5.82 Å². The summed E-state index contributed by atoms with van der Waals surface area (Å²) in [4.78, 5) is 18.6. The van der Waals surface area contributed by atoms with E-state index in [2.05, 4.69) is 9.98 Å². The first-order valence-electron chi connectivity index (χ1n) is 5.20. The van der Waals surface area contributed by atoms with E-state index in [1.807, 2.05) is 43.5 Å². The van der Waals surface area contributed by atoms with Gasteiger partial charge < -0.3 is 0 Å². The van der Waals surface area contributed by atoms with Gasteiger partial charge in [0.05, 0.1) is 5.69 Å². The summed E-state index contributed by atoms with van der Waals surface area (Å²) < 4.78 is 1.81. The Labute approximate surface area is 93.7 Å². The van der Waals surface area contributed by atoms with Gasteiger partial charge in [0.1, 0.15) is 5.65 Å². The number of aliphatic imine (C=N–C) groups is 1. The van der Waals surface area contributed by atoms with Crippen LogP contribution in [0.25, 0.3) is 5.65 Å². The van der Waals surface area contributed by atoms with Gasteiger partial charge in [0, 0.05) is 6.20 Å². The van der Waals surface area contributed by atoms with Crippen molar-refractivity contribution in [1.29, 1.82) is 0 Å². The topological polar surface area (TPSA) is 46.7 Å². The lowest BCUT2D eigenvalue weighted by Gasteiger charge is -2.00. The molecular formula is C12H13N3O. The van der Waals surface area contributed by atoms with Crippen LogP contribution in [-0.4, -0.2) is 15.5 Å². The van der Waals surface area contributed by atoms with E-state index >= 15 is 0 Å². The first kappa shape index (κ1) is 10.6. The lowest BCUT2D eigenvalue weighted by molar-refractivity contribution is 0.565. The number of fused-ring (bicyclic) bond motifs is 1. The Bertz CT molecular complexity index is 577. The van der Waals surface area contributed by atoms with Gasteiger partial charge in [-0.1, -0.05) is 13.8 Å². The van der Waals surface area contributed by atoms with Crippen molar-refractivity contribution in [2.75, 3.05) is 0 Å². The van der Waals surface area contributed by atoms with Gasteiger partial charge in [0.25, 0.3) is 0 Å². The largest absolute Gasteiger partial charge is 0.284 e. The Morgan fingerprint density at radius 1 is 1.50 bits per heavy atom. The molecule has 0 saturated carbocycles. The molecule has 0 spiro atoms. The summed E-state index contributed by atoms with van der Waals surface area (Å²) in [7, 11) is 0. The third kappa shape index (κ3) is 1.64. The SMILES string of the molecule is Cc1ccn2c(N=C=O)c(C(C)C)nc2c1. The summed E-state index contributed by atoms with van der Waals surface area (Å²) in [5.74, 6) is 0.812. The van der Waals surface area contributed by atoms with E-state index in [4.69, 9.17) is 0 Å². The first-order valence-corrected chi connectivity index (χ1v) is 5.20. The van der Waals surface area contributed by atoms with Crippen molar-refractivity contribution in [1.82, 2.24) is 9.38 Å². The maximum absolute atomic E-state index is 10.4. The molecule has 4 heteroatoms. The van der Waals surface area contributed by atoms with Crippen LogP contribution in [-0.2, 0) is 4.79 Å². The fourth-order valence-corrected chi connectivity index (χ4v) is 1.69. The molecule has 0 aliphatic rings. The monoisotopic (exact) mass is 215 g/mol. The number of rotatable bonds is 2. The van der Waals surface area contributed by atoms with E-state index in [0.29, 0.717) is 5.82 Å². The van der Waals surface area contributed by atoms with Gasteiger partial charge in [-0.25, -0.2) is 9.78 Å². The van der Waals surface area contributed by atoms with E-state index in [1.54, 1.807) is 6.08 Å². The molecule has 0 atom stereocenters. The molecule has 0 unspecified atom stereocenters. The highest BCUT2D eigenvalue weighted by Gasteiger charge is 2.14. The molecule has 0 aromatic carbocycles. The third-order valence-electron chi connectivity index (χ3n) is 2.48. The Kier molecular flexibility index (Phi) is 2.59. The molecule has 0 aliphatic heterocycles. The molecule has 2 aromatic rings. The van der Waals surface area contributed by atoms with Crippen LogP contribution >= 0.6 is 0 Å². The highest BCUT2D eigenvalue weighted by molar-refractivity contribution is 5.57. The average molecular weight is 215 g/mol. The number of hydrogen-bond donors (Lipinski definition) is 0. The molecule has 16 heavy (non-hydrogen) atoms. The van der Waals surface area contributed by atoms with E-state index < -0.39 is 0 Å². The summed E-state index contributed by atoms with van der Waals surface area (Å²) in [5, 5.41) is 0. The Morgan fingerprint density at radius 2 is 2.25 bits per heavy atom. The maximum atomic E-state index is 10.4. The number of carbonyl (C=O) groups excluding carboxylic acids is 1. The number of isocyanates is 1. The van der Waals surface area contributed by atoms with Crippen LogP contribution in [0.2, 0.25) is 0 Å². The number of pyridine rings is 1. The van der Waals surface area contributed by atoms with Crippen LogP contribution in [0, 0.1) is 6.92 Å². The minimum absolute atomic E-state index is 0.229. The normalized spacial score (nSPS) is 10.8. The summed E-state index contributed by atoms with van der Waals surface area (Å²) in [6.45, 7) is 6.06. The molecule has 2 heterocycles. The molecule has 2 rings (SSSR count). The first-order chi connectivity index (χ1) is 7.63. The van der Waals surface area contributed by atoms with Crippen molar-refractivity contribution in [3.05, 3.63) is 29.6 Å². The number of aryl methyl sites for hydroxylation is 1. The zero-order chi connectivity index (χ0) is 11.7. The van der Waals surface area contributed by atoms with E-state index in [-0.39, 0.29) is 5.92 Å².